The van der Waals surface area contributed by atoms with Gasteiger partial charge >= 0.3 is 0 Å². The van der Waals surface area contributed by atoms with Gasteiger partial charge in [0, 0.05) is 22.7 Å². The number of hydrogen-bond acceptors (Lipinski definition) is 5. The fraction of sp³-hybridized carbons (Fsp3) is 0.133. The van der Waals surface area contributed by atoms with E-state index in [0.29, 0.717) is 23.3 Å². The maximum Gasteiger partial charge on any atom is 0.163 e. The molecular weight excluding hydrogens is 304 g/mol. The molecule has 21 heavy (non-hydrogen) atoms. The van der Waals surface area contributed by atoms with Crippen LogP contribution in [0.5, 0.6) is 0 Å². The molecule has 0 aliphatic rings. The Balaban J connectivity index is 1.81. The Labute approximate surface area is 131 Å². The van der Waals surface area contributed by atoms with Gasteiger partial charge in [-0.05, 0) is 6.92 Å². The fourth-order valence-corrected chi connectivity index (χ4v) is 2.77. The highest BCUT2D eigenvalue weighted by molar-refractivity contribution is 7.09. The zero-order valence-corrected chi connectivity index (χ0v) is 12.9. The summed E-state index contributed by atoms with van der Waals surface area (Å²) in [4.78, 5) is 13.2. The van der Waals surface area contributed by atoms with Gasteiger partial charge in [0.25, 0.3) is 0 Å². The summed E-state index contributed by atoms with van der Waals surface area (Å²) in [5.74, 6) is 1.31. The summed E-state index contributed by atoms with van der Waals surface area (Å²) in [6.07, 6.45) is 0. The Hall–Kier alpha value is -1.98. The molecule has 2 aromatic heterocycles. The quantitative estimate of drug-likeness (QED) is 0.734. The lowest BCUT2D eigenvalue weighted by atomic mass is 10.2. The summed E-state index contributed by atoms with van der Waals surface area (Å²) in [7, 11) is 0. The van der Waals surface area contributed by atoms with Crippen molar-refractivity contribution in [3.63, 3.8) is 0 Å². The van der Waals surface area contributed by atoms with E-state index in [4.69, 9.17) is 11.6 Å². The van der Waals surface area contributed by atoms with Crippen molar-refractivity contribution in [1.29, 1.82) is 0 Å². The van der Waals surface area contributed by atoms with Crippen molar-refractivity contribution in [3.05, 3.63) is 57.6 Å². The van der Waals surface area contributed by atoms with Gasteiger partial charge in [-0.25, -0.2) is 15.0 Å². The van der Waals surface area contributed by atoms with Gasteiger partial charge in [-0.3, -0.25) is 0 Å². The molecule has 1 N–H and O–H groups in total. The van der Waals surface area contributed by atoms with E-state index in [-0.39, 0.29) is 0 Å². The standard InChI is InChI=1S/C15H13ClN4S/c1-10-9-21-14(18-10)8-17-13-7-12(16)19-15(20-13)11-5-3-2-4-6-11/h2-7,9H,8H2,1H3,(H,17,19,20). The molecule has 3 rings (SSSR count). The second kappa shape index (κ2) is 6.20. The van der Waals surface area contributed by atoms with Crippen LogP contribution in [0.4, 0.5) is 5.82 Å². The highest BCUT2D eigenvalue weighted by atomic mass is 35.5. The molecule has 4 nitrogen and oxygen atoms in total. The van der Waals surface area contributed by atoms with Crippen LogP contribution in [0.2, 0.25) is 5.15 Å². The Bertz CT molecular complexity index is 742. The first-order valence-electron chi connectivity index (χ1n) is 6.45. The van der Waals surface area contributed by atoms with Crippen LogP contribution >= 0.6 is 22.9 Å². The third-order valence-electron chi connectivity index (χ3n) is 2.81. The number of hydrogen-bond donors (Lipinski definition) is 1. The minimum atomic E-state index is 0.418. The van der Waals surface area contributed by atoms with E-state index in [1.807, 2.05) is 42.6 Å². The first-order chi connectivity index (χ1) is 10.2. The van der Waals surface area contributed by atoms with Gasteiger partial charge in [-0.15, -0.1) is 11.3 Å². The maximum atomic E-state index is 6.08. The fourth-order valence-electron chi connectivity index (χ4n) is 1.87. The monoisotopic (exact) mass is 316 g/mol. The molecule has 0 unspecified atom stereocenters. The molecule has 0 saturated heterocycles. The summed E-state index contributed by atoms with van der Waals surface area (Å²) in [6, 6.07) is 11.5. The molecule has 0 spiro atoms. The van der Waals surface area contributed by atoms with Gasteiger partial charge in [0.1, 0.15) is 16.0 Å². The van der Waals surface area contributed by atoms with Crippen LogP contribution in [-0.4, -0.2) is 15.0 Å². The van der Waals surface area contributed by atoms with Crippen LogP contribution in [0.1, 0.15) is 10.7 Å². The summed E-state index contributed by atoms with van der Waals surface area (Å²) in [5, 5.41) is 6.70. The molecule has 0 amide bonds. The number of aromatic nitrogens is 3. The number of anilines is 1. The molecule has 2 heterocycles. The molecule has 6 heteroatoms. The van der Waals surface area contributed by atoms with Crippen LogP contribution in [-0.2, 0) is 6.54 Å². The maximum absolute atomic E-state index is 6.08. The number of aryl methyl sites for hydroxylation is 1. The summed E-state index contributed by atoms with van der Waals surface area (Å²) >= 11 is 7.71. The molecule has 0 atom stereocenters. The molecule has 0 radical (unpaired) electrons. The summed E-state index contributed by atoms with van der Waals surface area (Å²) in [6.45, 7) is 2.61. The van der Waals surface area contributed by atoms with Gasteiger partial charge in [0.2, 0.25) is 0 Å². The van der Waals surface area contributed by atoms with Crippen molar-refractivity contribution in [2.45, 2.75) is 13.5 Å². The van der Waals surface area contributed by atoms with Crippen LogP contribution < -0.4 is 5.32 Å². The molecule has 0 saturated carbocycles. The largest absolute Gasteiger partial charge is 0.363 e. The van der Waals surface area contributed by atoms with Crippen molar-refractivity contribution in [2.24, 2.45) is 0 Å². The second-order valence-electron chi connectivity index (χ2n) is 4.50. The van der Waals surface area contributed by atoms with E-state index in [2.05, 4.69) is 20.3 Å². The zero-order valence-electron chi connectivity index (χ0n) is 11.4. The Morgan fingerprint density at radius 3 is 2.67 bits per heavy atom. The number of halogens is 1. The lowest BCUT2D eigenvalue weighted by Gasteiger charge is -2.06. The van der Waals surface area contributed by atoms with E-state index < -0.39 is 0 Å². The third-order valence-corrected chi connectivity index (χ3v) is 3.97. The van der Waals surface area contributed by atoms with E-state index in [9.17, 15) is 0 Å². The average Bonchev–Trinajstić information content (AvgIpc) is 2.91. The second-order valence-corrected chi connectivity index (χ2v) is 5.83. The normalized spacial score (nSPS) is 10.6. The molecule has 0 bridgehead atoms. The number of nitrogens with zero attached hydrogens (tertiary/aromatic N) is 3. The van der Waals surface area contributed by atoms with Crippen molar-refractivity contribution < 1.29 is 0 Å². The molecule has 3 aromatic rings. The molecule has 1 aromatic carbocycles. The van der Waals surface area contributed by atoms with Crippen molar-refractivity contribution in [1.82, 2.24) is 15.0 Å². The SMILES string of the molecule is Cc1csc(CNc2cc(Cl)nc(-c3ccccc3)n2)n1. The van der Waals surface area contributed by atoms with Gasteiger partial charge in [-0.1, -0.05) is 41.9 Å². The molecule has 0 aliphatic carbocycles. The van der Waals surface area contributed by atoms with E-state index >= 15 is 0 Å². The summed E-state index contributed by atoms with van der Waals surface area (Å²) < 4.78 is 0. The van der Waals surface area contributed by atoms with Crippen molar-refractivity contribution in [3.8, 4) is 11.4 Å². The lowest BCUT2D eigenvalue weighted by molar-refractivity contribution is 1.05. The first kappa shape index (κ1) is 14.0. The minimum Gasteiger partial charge on any atom is -0.363 e. The number of benzene rings is 1. The average molecular weight is 317 g/mol. The van der Waals surface area contributed by atoms with Crippen LogP contribution in [0.25, 0.3) is 11.4 Å². The third kappa shape index (κ3) is 3.56. The Morgan fingerprint density at radius 1 is 1.14 bits per heavy atom. The van der Waals surface area contributed by atoms with Crippen LogP contribution in [0.3, 0.4) is 0 Å². The molecule has 106 valence electrons. The van der Waals surface area contributed by atoms with E-state index in [1.54, 1.807) is 17.4 Å². The van der Waals surface area contributed by atoms with E-state index in [1.165, 1.54) is 0 Å². The molecule has 0 aliphatic heterocycles. The highest BCUT2D eigenvalue weighted by Gasteiger charge is 2.06. The van der Waals surface area contributed by atoms with Crippen LogP contribution in [0.15, 0.2) is 41.8 Å². The first-order valence-corrected chi connectivity index (χ1v) is 7.71. The highest BCUT2D eigenvalue weighted by Crippen LogP contribution is 2.20. The minimum absolute atomic E-state index is 0.418. The van der Waals surface area contributed by atoms with Crippen molar-refractivity contribution in [2.75, 3.05) is 5.32 Å². The Kier molecular flexibility index (Phi) is 4.13. The lowest BCUT2D eigenvalue weighted by Crippen LogP contribution is -2.03. The van der Waals surface area contributed by atoms with Crippen molar-refractivity contribution >= 4 is 28.8 Å². The van der Waals surface area contributed by atoms with Crippen LogP contribution in [0, 0.1) is 6.92 Å². The van der Waals surface area contributed by atoms with E-state index in [0.717, 1.165) is 16.3 Å². The molecular formula is C15H13ClN4S. The van der Waals surface area contributed by atoms with Gasteiger partial charge in [-0.2, -0.15) is 0 Å². The smallest absolute Gasteiger partial charge is 0.163 e. The van der Waals surface area contributed by atoms with Gasteiger partial charge in [0.15, 0.2) is 5.82 Å². The topological polar surface area (TPSA) is 50.7 Å². The Morgan fingerprint density at radius 2 is 1.95 bits per heavy atom. The zero-order chi connectivity index (χ0) is 14.7. The van der Waals surface area contributed by atoms with Gasteiger partial charge < -0.3 is 5.32 Å². The summed E-state index contributed by atoms with van der Waals surface area (Å²) in [5.41, 5.74) is 1.97. The van der Waals surface area contributed by atoms with Gasteiger partial charge in [0.05, 0.1) is 6.54 Å². The predicted octanol–water partition coefficient (Wildman–Crippen LogP) is 4.17. The number of thiazole rings is 1. The number of nitrogens with one attached hydrogen (secondary N) is 1. The molecule has 0 fully saturated rings. The number of rotatable bonds is 4. The predicted molar refractivity (Wildman–Crippen MR) is 86.7 cm³/mol.